The number of anilines is 2. The molecule has 1 aromatic heterocycles. The first kappa shape index (κ1) is 23.3. The minimum Gasteiger partial charge on any atom is -0.497 e. The number of carboxylic acid groups (broad SMARTS) is 1. The zero-order chi connectivity index (χ0) is 25.2. The first-order chi connectivity index (χ1) is 17.5. The van der Waals surface area contributed by atoms with Gasteiger partial charge in [0.05, 0.1) is 37.7 Å². The van der Waals surface area contributed by atoms with Crippen molar-refractivity contribution in [3.63, 3.8) is 0 Å². The van der Waals surface area contributed by atoms with Gasteiger partial charge in [-0.15, -0.1) is 0 Å². The van der Waals surface area contributed by atoms with Gasteiger partial charge < -0.3 is 19.9 Å². The Bertz CT molecular complexity index is 1500. The molecule has 8 nitrogen and oxygen atoms in total. The fourth-order valence-corrected chi connectivity index (χ4v) is 4.21. The molecule has 0 fully saturated rings. The van der Waals surface area contributed by atoms with E-state index in [0.29, 0.717) is 34.7 Å². The summed E-state index contributed by atoms with van der Waals surface area (Å²) in [6.45, 7) is 0.361. The zero-order valence-corrected chi connectivity index (χ0v) is 20.2. The second-order valence-corrected chi connectivity index (χ2v) is 8.43. The summed E-state index contributed by atoms with van der Waals surface area (Å²) >= 11 is 6.41. The van der Waals surface area contributed by atoms with Gasteiger partial charge in [-0.25, -0.2) is 14.8 Å². The Hall–Kier alpha value is -4.43. The van der Waals surface area contributed by atoms with E-state index in [2.05, 4.69) is 10.3 Å². The number of benzene rings is 3. The van der Waals surface area contributed by atoms with Crippen LogP contribution in [0.1, 0.15) is 27.0 Å². The largest absolute Gasteiger partial charge is 0.497 e. The van der Waals surface area contributed by atoms with Crippen molar-refractivity contribution in [2.24, 2.45) is 4.99 Å². The highest BCUT2D eigenvalue weighted by atomic mass is 35.5. The number of nitrogens with zero attached hydrogens (tertiary/aromatic N) is 3. The average molecular weight is 501 g/mol. The van der Waals surface area contributed by atoms with Crippen LogP contribution in [0.5, 0.6) is 11.5 Å². The Balaban J connectivity index is 1.57. The van der Waals surface area contributed by atoms with Crippen LogP contribution in [0.15, 0.2) is 71.9 Å². The maximum Gasteiger partial charge on any atom is 0.335 e. The van der Waals surface area contributed by atoms with Gasteiger partial charge in [-0.1, -0.05) is 17.7 Å². The number of rotatable bonds is 6. The Morgan fingerprint density at radius 3 is 2.47 bits per heavy atom. The van der Waals surface area contributed by atoms with E-state index in [9.17, 15) is 4.79 Å². The average Bonchev–Trinajstić information content (AvgIpc) is 3.05. The summed E-state index contributed by atoms with van der Waals surface area (Å²) in [4.78, 5) is 25.3. The lowest BCUT2D eigenvalue weighted by Crippen LogP contribution is -2.07. The summed E-state index contributed by atoms with van der Waals surface area (Å²) in [6, 6.07) is 17.6. The van der Waals surface area contributed by atoms with Crippen LogP contribution in [0.2, 0.25) is 5.02 Å². The van der Waals surface area contributed by atoms with Gasteiger partial charge in [0.15, 0.2) is 0 Å². The summed E-state index contributed by atoms with van der Waals surface area (Å²) in [5.41, 5.74) is 5.66. The molecule has 0 amide bonds. The van der Waals surface area contributed by atoms with Crippen LogP contribution in [0.3, 0.4) is 0 Å². The quantitative estimate of drug-likeness (QED) is 0.354. The van der Waals surface area contributed by atoms with Crippen molar-refractivity contribution in [1.29, 1.82) is 0 Å². The third-order valence-corrected chi connectivity index (χ3v) is 6.05. The highest BCUT2D eigenvalue weighted by molar-refractivity contribution is 6.31. The van der Waals surface area contributed by atoms with Crippen molar-refractivity contribution in [1.82, 2.24) is 9.97 Å². The third kappa shape index (κ3) is 4.46. The summed E-state index contributed by atoms with van der Waals surface area (Å²) < 4.78 is 11.0. The van der Waals surface area contributed by atoms with Crippen molar-refractivity contribution >= 4 is 34.9 Å². The van der Waals surface area contributed by atoms with E-state index >= 15 is 0 Å². The van der Waals surface area contributed by atoms with Crippen molar-refractivity contribution in [2.45, 2.75) is 6.54 Å². The number of aromatic nitrogens is 2. The maximum absolute atomic E-state index is 11.1. The summed E-state index contributed by atoms with van der Waals surface area (Å²) in [5.74, 6) is 0.700. The Morgan fingerprint density at radius 2 is 1.75 bits per heavy atom. The molecule has 0 spiro atoms. The van der Waals surface area contributed by atoms with Gasteiger partial charge in [0.25, 0.3) is 0 Å². The van der Waals surface area contributed by atoms with Gasteiger partial charge in [0.2, 0.25) is 5.95 Å². The molecule has 180 valence electrons. The summed E-state index contributed by atoms with van der Waals surface area (Å²) in [7, 11) is 3.21. The molecule has 0 bridgehead atoms. The molecule has 0 saturated heterocycles. The fourth-order valence-electron chi connectivity index (χ4n) is 4.03. The molecule has 4 aromatic rings. The molecule has 0 saturated carbocycles. The predicted octanol–water partition coefficient (Wildman–Crippen LogP) is 5.61. The molecule has 0 radical (unpaired) electrons. The number of hydrogen-bond donors (Lipinski definition) is 2. The smallest absolute Gasteiger partial charge is 0.335 e. The van der Waals surface area contributed by atoms with E-state index < -0.39 is 5.97 Å². The van der Waals surface area contributed by atoms with Crippen molar-refractivity contribution in [3.05, 3.63) is 94.1 Å². The van der Waals surface area contributed by atoms with E-state index in [-0.39, 0.29) is 5.56 Å². The molecule has 0 unspecified atom stereocenters. The molecule has 1 aliphatic rings. The van der Waals surface area contributed by atoms with Crippen LogP contribution in [-0.2, 0) is 6.54 Å². The van der Waals surface area contributed by atoms with Gasteiger partial charge in [-0.3, -0.25) is 4.99 Å². The first-order valence-corrected chi connectivity index (χ1v) is 11.4. The molecule has 2 heterocycles. The Morgan fingerprint density at radius 1 is 0.972 bits per heavy atom. The maximum atomic E-state index is 11.1. The van der Waals surface area contributed by atoms with E-state index in [1.165, 1.54) is 12.1 Å². The van der Waals surface area contributed by atoms with Crippen molar-refractivity contribution < 1.29 is 19.4 Å². The van der Waals surface area contributed by atoms with Gasteiger partial charge in [0, 0.05) is 45.2 Å². The first-order valence-electron chi connectivity index (χ1n) is 11.0. The summed E-state index contributed by atoms with van der Waals surface area (Å²) in [5, 5.41) is 12.8. The minimum absolute atomic E-state index is 0.202. The number of carbonyl (C=O) groups is 1. The second kappa shape index (κ2) is 9.67. The fraction of sp³-hybridized carbons (Fsp3) is 0.111. The third-order valence-electron chi connectivity index (χ3n) is 5.82. The van der Waals surface area contributed by atoms with E-state index in [1.54, 1.807) is 32.5 Å². The Kier molecular flexibility index (Phi) is 6.26. The lowest BCUT2D eigenvalue weighted by Gasteiger charge is -2.15. The number of hydrogen-bond acceptors (Lipinski definition) is 7. The molecule has 1 aliphatic heterocycles. The molecule has 36 heavy (non-hydrogen) atoms. The van der Waals surface area contributed by atoms with Crippen LogP contribution in [-0.4, -0.2) is 41.0 Å². The number of aliphatic imine (C=N–C) groups is 1. The zero-order valence-electron chi connectivity index (χ0n) is 19.4. The molecule has 3 aromatic carbocycles. The topological polar surface area (TPSA) is 106 Å². The molecular weight excluding hydrogens is 480 g/mol. The normalized spacial score (nSPS) is 12.0. The van der Waals surface area contributed by atoms with Gasteiger partial charge in [-0.2, -0.15) is 0 Å². The molecule has 5 rings (SSSR count). The van der Waals surface area contributed by atoms with E-state index in [0.717, 1.165) is 33.7 Å². The second-order valence-electron chi connectivity index (χ2n) is 8.00. The van der Waals surface area contributed by atoms with Crippen LogP contribution in [0.25, 0.3) is 11.3 Å². The molecule has 0 aliphatic carbocycles. The SMILES string of the molecule is COc1ccc(C2=NCc3cnc(Nc4ccc(C(=O)O)cc4)nc3-c3ccc(Cl)cc32)c(OC)c1. The highest BCUT2D eigenvalue weighted by Gasteiger charge is 2.23. The predicted molar refractivity (Wildman–Crippen MR) is 138 cm³/mol. The molecule has 9 heteroatoms. The van der Waals surface area contributed by atoms with E-state index in [1.807, 2.05) is 36.4 Å². The van der Waals surface area contributed by atoms with Crippen LogP contribution < -0.4 is 14.8 Å². The van der Waals surface area contributed by atoms with Gasteiger partial charge in [-0.05, 0) is 48.5 Å². The molecule has 2 N–H and O–H groups in total. The van der Waals surface area contributed by atoms with E-state index in [4.69, 9.17) is 36.2 Å². The van der Waals surface area contributed by atoms with Crippen LogP contribution in [0, 0.1) is 0 Å². The van der Waals surface area contributed by atoms with Crippen LogP contribution >= 0.6 is 11.6 Å². The number of carboxylic acids is 1. The lowest BCUT2D eigenvalue weighted by atomic mass is 9.95. The number of fused-ring (bicyclic) bond motifs is 3. The number of nitrogens with one attached hydrogen (secondary N) is 1. The van der Waals surface area contributed by atoms with Crippen molar-refractivity contribution in [2.75, 3.05) is 19.5 Å². The standard InChI is InChI=1S/C27H21ClN4O4/c1-35-19-8-10-21(23(12-19)36-2)25-22-11-17(28)5-9-20(22)24-16(13-29-25)14-30-27(32-24)31-18-6-3-15(4-7-18)26(33)34/h3-12,14H,13H2,1-2H3,(H,33,34)(H,30,31,32). The molecule has 0 atom stereocenters. The number of halogens is 1. The Labute approximate surface area is 212 Å². The van der Waals surface area contributed by atoms with Gasteiger partial charge >= 0.3 is 5.97 Å². The van der Waals surface area contributed by atoms with Crippen molar-refractivity contribution in [3.8, 4) is 22.8 Å². The number of aromatic carboxylic acids is 1. The minimum atomic E-state index is -0.984. The lowest BCUT2D eigenvalue weighted by molar-refractivity contribution is 0.0697. The molecular formula is C27H21ClN4O4. The summed E-state index contributed by atoms with van der Waals surface area (Å²) in [6.07, 6.45) is 1.74. The highest BCUT2D eigenvalue weighted by Crippen LogP contribution is 2.36. The monoisotopic (exact) mass is 500 g/mol. The van der Waals surface area contributed by atoms with Crippen LogP contribution in [0.4, 0.5) is 11.6 Å². The number of ether oxygens (including phenoxy) is 2. The van der Waals surface area contributed by atoms with Gasteiger partial charge in [0.1, 0.15) is 11.5 Å². The number of methoxy groups -OCH3 is 2.